The maximum Gasteiger partial charge on any atom is 0.238 e. The largest absolute Gasteiger partial charge is 0.354 e. The van der Waals surface area contributed by atoms with Crippen molar-refractivity contribution in [1.82, 2.24) is 20.9 Å². The van der Waals surface area contributed by atoms with Crippen LogP contribution in [0.4, 0.5) is 0 Å². The number of nitrogens with zero attached hydrogens (tertiary/aromatic N) is 1. The molecule has 1 rings (SSSR count). The topological polar surface area (TPSA) is 90.5 Å². The van der Waals surface area contributed by atoms with Crippen molar-refractivity contribution in [3.8, 4) is 0 Å². The number of nitrogens with one attached hydrogen (secondary N) is 3. The average Bonchev–Trinajstić information content (AvgIpc) is 2.29. The number of rotatable bonds is 4. The molecule has 0 spiro atoms. The van der Waals surface area contributed by atoms with Gasteiger partial charge >= 0.3 is 0 Å². The molecule has 0 radical (unpaired) electrons. The predicted molar refractivity (Wildman–Crippen MR) is 61.1 cm³/mol. The molecule has 1 fully saturated rings. The fraction of sp³-hybridized carbons (Fsp3) is 0.700. The van der Waals surface area contributed by atoms with Crippen LogP contribution in [0.2, 0.25) is 0 Å². The first-order chi connectivity index (χ1) is 8.00. The molecule has 1 heterocycles. The number of carbonyl (C=O) groups is 3. The van der Waals surface area contributed by atoms with Crippen LogP contribution in [0.1, 0.15) is 6.42 Å². The Morgan fingerprint density at radius 3 is 2.71 bits per heavy atom. The number of piperazine rings is 1. The number of amides is 3. The minimum Gasteiger partial charge on any atom is -0.354 e. The van der Waals surface area contributed by atoms with E-state index in [9.17, 15) is 14.4 Å². The molecule has 0 aromatic carbocycles. The molecule has 7 heteroatoms. The lowest BCUT2D eigenvalue weighted by Gasteiger charge is -2.23. The third-order valence-corrected chi connectivity index (χ3v) is 2.47. The zero-order valence-electron chi connectivity index (χ0n) is 10.1. The Labute approximate surface area is 99.9 Å². The summed E-state index contributed by atoms with van der Waals surface area (Å²) in [5.41, 5.74) is 0. The molecule has 1 atom stereocenters. The van der Waals surface area contributed by atoms with Crippen LogP contribution < -0.4 is 16.0 Å². The molecule has 3 amide bonds. The SMILES string of the molecule is CN(C)C(=O)CCNC(=O)C1CNC(=O)CN1. The first-order valence-corrected chi connectivity index (χ1v) is 5.48. The van der Waals surface area contributed by atoms with E-state index in [2.05, 4.69) is 16.0 Å². The van der Waals surface area contributed by atoms with Gasteiger partial charge < -0.3 is 15.5 Å². The molecule has 3 N–H and O–H groups in total. The molecule has 0 aliphatic carbocycles. The van der Waals surface area contributed by atoms with Crippen molar-refractivity contribution in [3.63, 3.8) is 0 Å². The van der Waals surface area contributed by atoms with E-state index in [4.69, 9.17) is 0 Å². The average molecular weight is 242 g/mol. The first-order valence-electron chi connectivity index (χ1n) is 5.48. The Kier molecular flexibility index (Phi) is 4.89. The van der Waals surface area contributed by atoms with Crippen LogP contribution in [0.25, 0.3) is 0 Å². The van der Waals surface area contributed by atoms with Gasteiger partial charge in [-0.3, -0.25) is 19.7 Å². The highest BCUT2D eigenvalue weighted by Crippen LogP contribution is 1.90. The fourth-order valence-corrected chi connectivity index (χ4v) is 1.39. The highest BCUT2D eigenvalue weighted by Gasteiger charge is 2.23. The highest BCUT2D eigenvalue weighted by atomic mass is 16.2. The molecular formula is C10H18N4O3. The van der Waals surface area contributed by atoms with Gasteiger partial charge in [0.2, 0.25) is 17.7 Å². The summed E-state index contributed by atoms with van der Waals surface area (Å²) >= 11 is 0. The lowest BCUT2D eigenvalue weighted by Crippen LogP contribution is -2.58. The zero-order valence-corrected chi connectivity index (χ0v) is 10.1. The number of hydrogen-bond acceptors (Lipinski definition) is 4. The second kappa shape index (κ2) is 6.19. The van der Waals surface area contributed by atoms with Crippen molar-refractivity contribution < 1.29 is 14.4 Å². The molecule has 0 bridgehead atoms. The Morgan fingerprint density at radius 2 is 2.18 bits per heavy atom. The first kappa shape index (κ1) is 13.4. The summed E-state index contributed by atoms with van der Waals surface area (Å²) in [4.78, 5) is 35.2. The van der Waals surface area contributed by atoms with E-state index < -0.39 is 6.04 Å². The van der Waals surface area contributed by atoms with Gasteiger partial charge in [-0.1, -0.05) is 0 Å². The lowest BCUT2D eigenvalue weighted by atomic mass is 10.2. The van der Waals surface area contributed by atoms with Crippen LogP contribution in [0.5, 0.6) is 0 Å². The van der Waals surface area contributed by atoms with Crippen LogP contribution >= 0.6 is 0 Å². The summed E-state index contributed by atoms with van der Waals surface area (Å²) in [5, 5.41) is 8.06. The summed E-state index contributed by atoms with van der Waals surface area (Å²) in [7, 11) is 3.34. The van der Waals surface area contributed by atoms with Gasteiger partial charge in [0.25, 0.3) is 0 Å². The van der Waals surface area contributed by atoms with E-state index in [1.165, 1.54) is 4.90 Å². The molecule has 0 saturated carbocycles. The predicted octanol–water partition coefficient (Wildman–Crippen LogP) is -2.33. The summed E-state index contributed by atoms with van der Waals surface area (Å²) in [6.45, 7) is 0.739. The minimum absolute atomic E-state index is 0.0322. The number of carbonyl (C=O) groups excluding carboxylic acids is 3. The van der Waals surface area contributed by atoms with E-state index in [0.717, 1.165) is 0 Å². The minimum atomic E-state index is -0.415. The van der Waals surface area contributed by atoms with Crippen LogP contribution in [-0.2, 0) is 14.4 Å². The molecule has 0 aromatic rings. The summed E-state index contributed by atoms with van der Waals surface area (Å²) in [6, 6.07) is -0.415. The smallest absolute Gasteiger partial charge is 0.238 e. The quantitative estimate of drug-likeness (QED) is 0.516. The normalized spacial score (nSPS) is 19.4. The Balaban J connectivity index is 2.21. The van der Waals surface area contributed by atoms with Crippen molar-refractivity contribution in [2.24, 2.45) is 0 Å². The maximum atomic E-state index is 11.6. The van der Waals surface area contributed by atoms with Gasteiger partial charge in [0.15, 0.2) is 0 Å². The summed E-state index contributed by atoms with van der Waals surface area (Å²) in [6.07, 6.45) is 0.276. The van der Waals surface area contributed by atoms with E-state index in [-0.39, 0.29) is 37.2 Å². The van der Waals surface area contributed by atoms with E-state index in [1.54, 1.807) is 14.1 Å². The van der Waals surface area contributed by atoms with Gasteiger partial charge in [0.05, 0.1) is 6.54 Å². The standard InChI is InChI=1S/C10H18N4O3/c1-14(2)9(16)3-4-11-10(17)7-5-13-8(15)6-12-7/h7,12H,3-6H2,1-2H3,(H,11,17)(H,13,15). The van der Waals surface area contributed by atoms with Crippen molar-refractivity contribution in [3.05, 3.63) is 0 Å². The van der Waals surface area contributed by atoms with Crippen LogP contribution in [0.3, 0.4) is 0 Å². The third-order valence-electron chi connectivity index (χ3n) is 2.47. The van der Waals surface area contributed by atoms with Gasteiger partial charge in [-0.2, -0.15) is 0 Å². The van der Waals surface area contributed by atoms with Gasteiger partial charge in [0.1, 0.15) is 6.04 Å². The molecule has 17 heavy (non-hydrogen) atoms. The fourth-order valence-electron chi connectivity index (χ4n) is 1.39. The monoisotopic (exact) mass is 242 g/mol. The highest BCUT2D eigenvalue weighted by molar-refractivity contribution is 5.87. The number of hydrogen-bond donors (Lipinski definition) is 3. The summed E-state index contributed by atoms with van der Waals surface area (Å²) < 4.78 is 0. The van der Waals surface area contributed by atoms with Crippen molar-refractivity contribution >= 4 is 17.7 Å². The van der Waals surface area contributed by atoms with E-state index >= 15 is 0 Å². The molecule has 0 aromatic heterocycles. The van der Waals surface area contributed by atoms with Crippen molar-refractivity contribution in [2.75, 3.05) is 33.7 Å². The Bertz CT molecular complexity index is 307. The third kappa shape index (κ3) is 4.39. The van der Waals surface area contributed by atoms with Crippen LogP contribution in [0.15, 0.2) is 0 Å². The molecule has 1 unspecified atom stereocenters. The molecule has 96 valence electrons. The van der Waals surface area contributed by atoms with Gasteiger partial charge in [0, 0.05) is 33.6 Å². The second-order valence-corrected chi connectivity index (χ2v) is 4.07. The zero-order chi connectivity index (χ0) is 12.8. The van der Waals surface area contributed by atoms with Gasteiger partial charge in [-0.25, -0.2) is 0 Å². The van der Waals surface area contributed by atoms with Crippen molar-refractivity contribution in [2.45, 2.75) is 12.5 Å². The molecule has 1 aliphatic rings. The van der Waals surface area contributed by atoms with Crippen LogP contribution in [0, 0.1) is 0 Å². The molecule has 1 saturated heterocycles. The van der Waals surface area contributed by atoms with E-state index in [0.29, 0.717) is 6.54 Å². The second-order valence-electron chi connectivity index (χ2n) is 4.07. The lowest BCUT2D eigenvalue weighted by molar-refractivity contribution is -0.128. The maximum absolute atomic E-state index is 11.6. The van der Waals surface area contributed by atoms with Gasteiger partial charge in [-0.05, 0) is 0 Å². The molecule has 1 aliphatic heterocycles. The van der Waals surface area contributed by atoms with E-state index in [1.807, 2.05) is 0 Å². The molecular weight excluding hydrogens is 224 g/mol. The summed E-state index contributed by atoms with van der Waals surface area (Å²) in [5.74, 6) is -0.344. The molecule has 7 nitrogen and oxygen atoms in total. The Hall–Kier alpha value is -1.63. The Morgan fingerprint density at radius 1 is 1.47 bits per heavy atom. The van der Waals surface area contributed by atoms with Gasteiger partial charge in [-0.15, -0.1) is 0 Å². The van der Waals surface area contributed by atoms with Crippen molar-refractivity contribution in [1.29, 1.82) is 0 Å². The van der Waals surface area contributed by atoms with Crippen LogP contribution in [-0.4, -0.2) is 62.4 Å².